The fraction of sp³-hybridized carbons (Fsp3) is 0. The van der Waals surface area contributed by atoms with Gasteiger partial charge in [-0.05, 0) is 24.3 Å². The Balaban J connectivity index is 1.86. The lowest BCUT2D eigenvalue weighted by molar-refractivity contribution is 0.0996. The molecule has 3 N–H and O–H groups in total. The second-order valence-electron chi connectivity index (χ2n) is 4.44. The van der Waals surface area contributed by atoms with Crippen molar-refractivity contribution in [3.05, 3.63) is 59.2 Å². The summed E-state index contributed by atoms with van der Waals surface area (Å²) in [7, 11) is 0. The number of carbonyl (C=O) groups is 1. The van der Waals surface area contributed by atoms with Crippen LogP contribution in [0.5, 0.6) is 0 Å². The lowest BCUT2D eigenvalue weighted by Gasteiger charge is -2.05. The molecule has 0 radical (unpaired) electrons. The normalized spacial score (nSPS) is 10.6. The van der Waals surface area contributed by atoms with Gasteiger partial charge in [0.25, 0.3) is 5.91 Å². The third-order valence-electron chi connectivity index (χ3n) is 2.97. The Morgan fingerprint density at radius 2 is 1.82 bits per heavy atom. The van der Waals surface area contributed by atoms with Crippen molar-refractivity contribution in [1.82, 2.24) is 15.4 Å². The molecule has 0 saturated heterocycles. The molecule has 0 aliphatic heterocycles. The number of nitrogens with two attached hydrogens (primary N) is 1. The number of benzene rings is 2. The van der Waals surface area contributed by atoms with Gasteiger partial charge in [0, 0.05) is 15.4 Å². The molecule has 2 aromatic carbocycles. The third kappa shape index (κ3) is 2.98. The van der Waals surface area contributed by atoms with Crippen molar-refractivity contribution >= 4 is 29.3 Å². The second kappa shape index (κ2) is 6.21. The van der Waals surface area contributed by atoms with Crippen LogP contribution in [0.4, 0.5) is 0 Å². The summed E-state index contributed by atoms with van der Waals surface area (Å²) < 4.78 is 0. The van der Waals surface area contributed by atoms with Crippen LogP contribution in [-0.4, -0.2) is 21.3 Å². The maximum Gasteiger partial charge on any atom is 0.271 e. The number of halogens is 1. The van der Waals surface area contributed by atoms with Gasteiger partial charge in [0.1, 0.15) is 5.69 Å². The van der Waals surface area contributed by atoms with Crippen molar-refractivity contribution < 1.29 is 4.79 Å². The van der Waals surface area contributed by atoms with E-state index in [4.69, 9.17) is 17.3 Å². The smallest absolute Gasteiger partial charge is 0.271 e. The van der Waals surface area contributed by atoms with Crippen LogP contribution < -0.4 is 5.73 Å². The maximum atomic E-state index is 11.3. The van der Waals surface area contributed by atoms with E-state index in [0.29, 0.717) is 10.7 Å². The number of primary amides is 1. The monoisotopic (exact) mass is 330 g/mol. The fourth-order valence-corrected chi connectivity index (χ4v) is 3.03. The minimum Gasteiger partial charge on any atom is -0.364 e. The average Bonchev–Trinajstić information content (AvgIpc) is 3.00. The molecule has 0 aliphatic carbocycles. The number of aromatic nitrogens is 3. The van der Waals surface area contributed by atoms with Gasteiger partial charge in [-0.1, -0.05) is 47.6 Å². The zero-order valence-electron chi connectivity index (χ0n) is 11.3. The van der Waals surface area contributed by atoms with Crippen molar-refractivity contribution in [3.8, 4) is 11.3 Å². The molecule has 0 bridgehead atoms. The van der Waals surface area contributed by atoms with Crippen LogP contribution in [0.15, 0.2) is 58.3 Å². The molecule has 0 spiro atoms. The number of aromatic amines is 1. The molecule has 0 aliphatic rings. The standard InChI is InChI=1S/C15H11ClN4OS/c16-11-3-1-2-4-12(11)22-10-7-5-9(6-8-10)13-14(15(17)21)19-20-18-13/h1-8H,(H2,17,21)(H,18,19,20). The van der Waals surface area contributed by atoms with Gasteiger partial charge in [0.15, 0.2) is 5.69 Å². The molecule has 5 nitrogen and oxygen atoms in total. The van der Waals surface area contributed by atoms with E-state index in [2.05, 4.69) is 15.4 Å². The highest BCUT2D eigenvalue weighted by Gasteiger charge is 2.15. The molecule has 7 heteroatoms. The Bertz CT molecular complexity index is 816. The first-order chi connectivity index (χ1) is 10.6. The minimum absolute atomic E-state index is 0.131. The SMILES string of the molecule is NC(=O)c1n[nH]nc1-c1ccc(Sc2ccccc2Cl)cc1. The quantitative estimate of drug-likeness (QED) is 0.768. The van der Waals surface area contributed by atoms with Crippen LogP contribution in [0.1, 0.15) is 10.5 Å². The number of hydrogen-bond acceptors (Lipinski definition) is 4. The number of rotatable bonds is 4. The van der Waals surface area contributed by atoms with Gasteiger partial charge in [-0.25, -0.2) is 0 Å². The molecule has 3 rings (SSSR count). The van der Waals surface area contributed by atoms with Crippen LogP contribution >= 0.6 is 23.4 Å². The largest absolute Gasteiger partial charge is 0.364 e. The summed E-state index contributed by atoms with van der Waals surface area (Å²) in [5.41, 5.74) is 6.61. The summed E-state index contributed by atoms with van der Waals surface area (Å²) in [6, 6.07) is 15.2. The van der Waals surface area contributed by atoms with Crippen molar-refractivity contribution in [2.24, 2.45) is 5.73 Å². The van der Waals surface area contributed by atoms with Crippen LogP contribution in [0.25, 0.3) is 11.3 Å². The van der Waals surface area contributed by atoms with Crippen molar-refractivity contribution in [1.29, 1.82) is 0 Å². The van der Waals surface area contributed by atoms with Crippen LogP contribution in [-0.2, 0) is 0 Å². The Morgan fingerprint density at radius 3 is 2.50 bits per heavy atom. The molecule has 3 aromatic rings. The third-order valence-corrected chi connectivity index (χ3v) is 4.50. The van der Waals surface area contributed by atoms with E-state index in [1.807, 2.05) is 48.5 Å². The van der Waals surface area contributed by atoms with Gasteiger partial charge in [0.2, 0.25) is 0 Å². The minimum atomic E-state index is -0.613. The van der Waals surface area contributed by atoms with E-state index in [-0.39, 0.29) is 5.69 Å². The van der Waals surface area contributed by atoms with E-state index in [0.717, 1.165) is 15.4 Å². The Kier molecular flexibility index (Phi) is 4.13. The van der Waals surface area contributed by atoms with Crippen molar-refractivity contribution in [2.45, 2.75) is 9.79 Å². The highest BCUT2D eigenvalue weighted by Crippen LogP contribution is 2.34. The number of H-pyrrole nitrogens is 1. The van der Waals surface area contributed by atoms with E-state index in [1.165, 1.54) is 0 Å². The first-order valence-corrected chi connectivity index (χ1v) is 7.58. The van der Waals surface area contributed by atoms with Gasteiger partial charge in [-0.3, -0.25) is 4.79 Å². The summed E-state index contributed by atoms with van der Waals surface area (Å²) in [5.74, 6) is -0.613. The van der Waals surface area contributed by atoms with Gasteiger partial charge >= 0.3 is 0 Å². The molecule has 0 atom stereocenters. The van der Waals surface area contributed by atoms with Crippen LogP contribution in [0.3, 0.4) is 0 Å². The molecule has 22 heavy (non-hydrogen) atoms. The van der Waals surface area contributed by atoms with Crippen molar-refractivity contribution in [3.63, 3.8) is 0 Å². The highest BCUT2D eigenvalue weighted by molar-refractivity contribution is 7.99. The van der Waals surface area contributed by atoms with E-state index in [9.17, 15) is 4.79 Å². The maximum absolute atomic E-state index is 11.3. The average molecular weight is 331 g/mol. The fourth-order valence-electron chi connectivity index (χ4n) is 1.94. The van der Waals surface area contributed by atoms with Crippen molar-refractivity contribution in [2.75, 3.05) is 0 Å². The molecule has 0 saturated carbocycles. The summed E-state index contributed by atoms with van der Waals surface area (Å²) in [6.07, 6.45) is 0. The Labute approximate surface area is 135 Å². The molecular formula is C15H11ClN4OS. The Morgan fingerprint density at radius 1 is 1.09 bits per heavy atom. The zero-order valence-corrected chi connectivity index (χ0v) is 12.9. The number of carbonyl (C=O) groups excluding carboxylic acids is 1. The summed E-state index contributed by atoms with van der Waals surface area (Å²) in [5, 5.41) is 10.9. The first kappa shape index (κ1) is 14.6. The highest BCUT2D eigenvalue weighted by atomic mass is 35.5. The van der Waals surface area contributed by atoms with Crippen LogP contribution in [0, 0.1) is 0 Å². The molecule has 1 amide bonds. The van der Waals surface area contributed by atoms with Gasteiger partial charge in [0.05, 0.1) is 5.02 Å². The molecule has 110 valence electrons. The Hall–Kier alpha value is -2.31. The van der Waals surface area contributed by atoms with Gasteiger partial charge in [-0.2, -0.15) is 15.4 Å². The molecule has 0 fully saturated rings. The first-order valence-electron chi connectivity index (χ1n) is 6.38. The predicted octanol–water partition coefficient (Wildman–Crippen LogP) is 3.38. The zero-order chi connectivity index (χ0) is 15.5. The summed E-state index contributed by atoms with van der Waals surface area (Å²) >= 11 is 7.71. The summed E-state index contributed by atoms with van der Waals surface area (Å²) in [4.78, 5) is 13.3. The topological polar surface area (TPSA) is 84.7 Å². The number of nitrogens with one attached hydrogen (secondary N) is 1. The predicted molar refractivity (Wildman–Crippen MR) is 85.9 cm³/mol. The molecule has 1 heterocycles. The number of amides is 1. The number of hydrogen-bond donors (Lipinski definition) is 2. The second-order valence-corrected chi connectivity index (χ2v) is 5.96. The molecular weight excluding hydrogens is 320 g/mol. The van der Waals surface area contributed by atoms with E-state index in [1.54, 1.807) is 11.8 Å². The van der Waals surface area contributed by atoms with Gasteiger partial charge < -0.3 is 5.73 Å². The summed E-state index contributed by atoms with van der Waals surface area (Å²) in [6.45, 7) is 0. The number of nitrogens with zero attached hydrogens (tertiary/aromatic N) is 2. The van der Waals surface area contributed by atoms with E-state index >= 15 is 0 Å². The molecule has 1 aromatic heterocycles. The van der Waals surface area contributed by atoms with Crippen LogP contribution in [0.2, 0.25) is 5.02 Å². The van der Waals surface area contributed by atoms with E-state index < -0.39 is 5.91 Å². The van der Waals surface area contributed by atoms with Gasteiger partial charge in [-0.15, -0.1) is 0 Å². The molecule has 0 unspecified atom stereocenters. The lowest BCUT2D eigenvalue weighted by atomic mass is 10.1. The lowest BCUT2D eigenvalue weighted by Crippen LogP contribution is -2.12.